The molecule has 0 unspecified atom stereocenters. The molecule has 0 spiro atoms. The third-order valence-corrected chi connectivity index (χ3v) is 8.61. The lowest BCUT2D eigenvalue weighted by Gasteiger charge is -2.14. The number of thiophene rings is 1. The molecule has 0 bridgehead atoms. The summed E-state index contributed by atoms with van der Waals surface area (Å²) < 4.78 is 14.2. The van der Waals surface area contributed by atoms with Gasteiger partial charge in [-0.25, -0.2) is 0 Å². The smallest absolute Gasteiger partial charge is 0.234 e. The molecule has 0 fully saturated rings. The number of benzene rings is 1. The van der Waals surface area contributed by atoms with Gasteiger partial charge < -0.3 is 9.88 Å². The minimum absolute atomic E-state index is 0.113. The summed E-state index contributed by atoms with van der Waals surface area (Å²) in [6.07, 6.45) is 1.73. The predicted octanol–water partition coefficient (Wildman–Crippen LogP) is 4.42. The van der Waals surface area contributed by atoms with Crippen LogP contribution in [0.1, 0.15) is 12.5 Å². The Kier molecular flexibility index (Phi) is 6.94. The maximum atomic E-state index is 12.4. The normalized spacial score (nSPS) is 12.1. The maximum Gasteiger partial charge on any atom is 0.234 e. The van der Waals surface area contributed by atoms with E-state index >= 15 is 0 Å². The molecule has 0 aliphatic carbocycles. The van der Waals surface area contributed by atoms with Gasteiger partial charge in [-0.2, -0.15) is 11.3 Å². The Hall–Kier alpha value is -1.24. The summed E-state index contributed by atoms with van der Waals surface area (Å²) in [6.45, 7) is 4.67. The van der Waals surface area contributed by atoms with Crippen LogP contribution in [0.25, 0.3) is 11.4 Å². The molecule has 1 aromatic carbocycles. The number of thiol groups is 1. The van der Waals surface area contributed by atoms with Gasteiger partial charge >= 0.3 is 0 Å². The van der Waals surface area contributed by atoms with Crippen LogP contribution in [-0.4, -0.2) is 36.9 Å². The first kappa shape index (κ1) is 21.5. The molecular weight excluding hydrogens is 527 g/mol. The summed E-state index contributed by atoms with van der Waals surface area (Å²) in [4.78, 5) is 13.2. The second kappa shape index (κ2) is 9.06. The SMILES string of the molecule is CCn1c(SCC(=O)Nc2ccc([SH](C)(=O)I)cc2C)nnc1-c1ccsc1. The fourth-order valence-corrected chi connectivity index (χ4v) is 5.74. The molecule has 0 aliphatic rings. The van der Waals surface area contributed by atoms with Crippen molar-refractivity contribution >= 4 is 63.0 Å². The molecule has 2 heterocycles. The summed E-state index contributed by atoms with van der Waals surface area (Å²) >= 11 is 4.96. The second-order valence-corrected chi connectivity index (χ2v) is 15.6. The number of aromatic nitrogens is 3. The molecule has 0 radical (unpaired) electrons. The summed E-state index contributed by atoms with van der Waals surface area (Å²) in [7, 11) is -2.34. The van der Waals surface area contributed by atoms with Crippen molar-refractivity contribution < 1.29 is 9.00 Å². The average Bonchev–Trinajstić information content (AvgIpc) is 3.29. The lowest BCUT2D eigenvalue weighted by atomic mass is 10.2. The van der Waals surface area contributed by atoms with E-state index in [-0.39, 0.29) is 11.7 Å². The van der Waals surface area contributed by atoms with Crippen molar-refractivity contribution in [3.05, 3.63) is 40.6 Å². The molecule has 0 atom stereocenters. The summed E-state index contributed by atoms with van der Waals surface area (Å²) in [5.74, 6) is 0.945. The Morgan fingerprint density at radius 3 is 2.75 bits per heavy atom. The Bertz CT molecular complexity index is 1030. The summed E-state index contributed by atoms with van der Waals surface area (Å²) in [5, 5.41) is 16.2. The summed E-state index contributed by atoms with van der Waals surface area (Å²) in [5.41, 5.74) is 2.66. The van der Waals surface area contributed by atoms with E-state index in [1.165, 1.54) is 11.8 Å². The first-order chi connectivity index (χ1) is 13.3. The van der Waals surface area contributed by atoms with E-state index in [1.54, 1.807) is 17.6 Å². The molecule has 6 nitrogen and oxygen atoms in total. The highest BCUT2D eigenvalue weighted by Gasteiger charge is 2.16. The van der Waals surface area contributed by atoms with Crippen molar-refractivity contribution in [2.24, 2.45) is 0 Å². The quantitative estimate of drug-likeness (QED) is 0.198. The van der Waals surface area contributed by atoms with Crippen molar-refractivity contribution in [1.29, 1.82) is 0 Å². The lowest BCUT2D eigenvalue weighted by molar-refractivity contribution is -0.113. The van der Waals surface area contributed by atoms with Crippen LogP contribution in [0, 0.1) is 6.92 Å². The number of nitrogens with zero attached hydrogens (tertiary/aromatic N) is 3. The Morgan fingerprint density at radius 2 is 2.14 bits per heavy atom. The first-order valence-corrected chi connectivity index (χ1v) is 15.4. The Morgan fingerprint density at radius 1 is 1.36 bits per heavy atom. The van der Waals surface area contributed by atoms with Crippen LogP contribution in [0.4, 0.5) is 5.69 Å². The number of hydrogen-bond acceptors (Lipinski definition) is 6. The number of rotatable bonds is 7. The van der Waals surface area contributed by atoms with Gasteiger partial charge in [-0.15, -0.1) is 10.2 Å². The number of amides is 1. The van der Waals surface area contributed by atoms with Crippen molar-refractivity contribution in [2.75, 3.05) is 17.3 Å². The van der Waals surface area contributed by atoms with Crippen LogP contribution in [0.2, 0.25) is 0 Å². The van der Waals surface area contributed by atoms with Crippen LogP contribution >= 0.6 is 44.3 Å². The summed E-state index contributed by atoms with van der Waals surface area (Å²) in [6, 6.07) is 7.51. The van der Waals surface area contributed by atoms with E-state index in [9.17, 15) is 9.00 Å². The fraction of sp³-hybridized carbons (Fsp3) is 0.278. The topological polar surface area (TPSA) is 76.9 Å². The zero-order chi connectivity index (χ0) is 20.3. The molecule has 2 aromatic heterocycles. The average molecular weight is 548 g/mol. The lowest BCUT2D eigenvalue weighted by Crippen LogP contribution is -2.15. The highest BCUT2D eigenvalue weighted by molar-refractivity contribution is 14.2. The zero-order valence-electron chi connectivity index (χ0n) is 15.7. The van der Waals surface area contributed by atoms with Crippen molar-refractivity contribution in [3.8, 4) is 11.4 Å². The second-order valence-electron chi connectivity index (χ2n) is 6.22. The van der Waals surface area contributed by atoms with Crippen LogP contribution in [-0.2, 0) is 18.4 Å². The number of aryl methyl sites for hydroxylation is 1. The van der Waals surface area contributed by atoms with Crippen molar-refractivity contribution in [2.45, 2.75) is 30.4 Å². The third-order valence-electron chi connectivity index (χ3n) is 4.09. The number of hydrogen-bond donors (Lipinski definition) is 2. The molecule has 1 N–H and O–H groups in total. The molecule has 150 valence electrons. The molecule has 3 rings (SSSR count). The van der Waals surface area contributed by atoms with Crippen molar-refractivity contribution in [3.63, 3.8) is 0 Å². The van der Waals surface area contributed by atoms with E-state index in [2.05, 4.69) is 15.5 Å². The van der Waals surface area contributed by atoms with Gasteiger partial charge in [-0.3, -0.25) is 9.00 Å². The van der Waals surface area contributed by atoms with Gasteiger partial charge in [0, 0.05) is 55.5 Å². The van der Waals surface area contributed by atoms with Crippen LogP contribution < -0.4 is 5.32 Å². The van der Waals surface area contributed by atoms with Gasteiger partial charge in [-0.05, 0) is 56.2 Å². The molecule has 0 saturated carbocycles. The number of carbonyl (C=O) groups is 1. The van der Waals surface area contributed by atoms with Gasteiger partial charge in [0.15, 0.2) is 11.0 Å². The molecule has 10 heteroatoms. The zero-order valence-corrected chi connectivity index (χ0v) is 20.4. The fourth-order valence-electron chi connectivity index (χ4n) is 2.64. The minimum atomic E-state index is -2.34. The largest absolute Gasteiger partial charge is 0.325 e. The molecule has 1 amide bonds. The molecule has 3 aromatic rings. The molecule has 0 aliphatic heterocycles. The number of halogens is 1. The number of thioether (sulfide) groups is 1. The Labute approximate surface area is 185 Å². The minimum Gasteiger partial charge on any atom is -0.325 e. The van der Waals surface area contributed by atoms with Crippen LogP contribution in [0.15, 0.2) is 45.1 Å². The standard InChI is InChI=1S/C18H21IN4O2S3/c1-4-23-17(13-7-8-26-10-13)21-22-18(23)27-11-16(24)20-15-6-5-14(9-12(15)2)28(3,19)25/h5-10,28H,4,11H2,1-3H3,(H,20,24). The van der Waals surface area contributed by atoms with Crippen LogP contribution in [0.5, 0.6) is 0 Å². The van der Waals surface area contributed by atoms with Crippen LogP contribution in [0.3, 0.4) is 0 Å². The molecule has 28 heavy (non-hydrogen) atoms. The maximum absolute atomic E-state index is 12.4. The van der Waals surface area contributed by atoms with E-state index < -0.39 is 7.10 Å². The predicted molar refractivity (Wildman–Crippen MR) is 127 cm³/mol. The molecular formula is C18H21IN4O2S3. The number of carbonyl (C=O) groups excluding carboxylic acids is 1. The van der Waals surface area contributed by atoms with E-state index in [0.29, 0.717) is 0 Å². The molecule has 0 saturated heterocycles. The van der Waals surface area contributed by atoms with Gasteiger partial charge in [0.25, 0.3) is 0 Å². The monoisotopic (exact) mass is 548 g/mol. The van der Waals surface area contributed by atoms with Gasteiger partial charge in [0.1, 0.15) is 0 Å². The highest BCUT2D eigenvalue weighted by Crippen LogP contribution is 2.28. The van der Waals surface area contributed by atoms with Crippen molar-refractivity contribution in [1.82, 2.24) is 14.8 Å². The van der Waals surface area contributed by atoms with E-state index in [4.69, 9.17) is 0 Å². The first-order valence-electron chi connectivity index (χ1n) is 8.56. The van der Waals surface area contributed by atoms with E-state index in [1.807, 2.05) is 74.6 Å². The van der Waals surface area contributed by atoms with E-state index in [0.717, 1.165) is 39.2 Å². The van der Waals surface area contributed by atoms with Gasteiger partial charge in [-0.1, -0.05) is 11.8 Å². The van der Waals surface area contributed by atoms with Gasteiger partial charge in [0.2, 0.25) is 5.91 Å². The number of nitrogens with one attached hydrogen (secondary N) is 1. The third kappa shape index (κ3) is 5.02. The highest BCUT2D eigenvalue weighted by atomic mass is 127. The Balaban J connectivity index is 1.66. The number of anilines is 1. The van der Waals surface area contributed by atoms with Gasteiger partial charge in [0.05, 0.1) is 5.75 Å².